The monoisotopic (exact) mass is 226 g/mol. The van der Waals surface area contributed by atoms with Crippen LogP contribution in [0.1, 0.15) is 26.7 Å². The third-order valence-corrected chi connectivity index (χ3v) is 1.83. The van der Waals surface area contributed by atoms with Gasteiger partial charge in [-0.15, -0.1) is 0 Å². The molecule has 15 heavy (non-hydrogen) atoms. The quantitative estimate of drug-likeness (QED) is 0.673. The predicted octanol–water partition coefficient (Wildman–Crippen LogP) is 1.44. The van der Waals surface area contributed by atoms with Crippen molar-refractivity contribution in [2.24, 2.45) is 0 Å². The Labute approximate surface area is 87.4 Å². The van der Waals surface area contributed by atoms with Crippen LogP contribution in [0.2, 0.25) is 0 Å². The molecule has 3 nitrogen and oxygen atoms in total. The molecule has 0 aliphatic rings. The largest absolute Gasteiger partial charge is 0.389 e. The van der Waals surface area contributed by atoms with E-state index in [0.717, 1.165) is 0 Å². The Balaban J connectivity index is 3.55. The SMILES string of the molecule is CCNC(=O)C(C)NCCCC(F)(F)F. The number of carbonyl (C=O) groups excluding carboxylic acids is 1. The molecule has 0 rings (SSSR count). The van der Waals surface area contributed by atoms with E-state index in [1.807, 2.05) is 0 Å². The number of hydrogen-bond donors (Lipinski definition) is 2. The molecular formula is C9H17F3N2O. The Morgan fingerprint density at radius 2 is 2.00 bits per heavy atom. The Kier molecular flexibility index (Phi) is 6.31. The summed E-state index contributed by atoms with van der Waals surface area (Å²) in [5.41, 5.74) is 0. The minimum Gasteiger partial charge on any atom is -0.355 e. The number of alkyl halides is 3. The predicted molar refractivity (Wildman–Crippen MR) is 51.4 cm³/mol. The first-order chi connectivity index (χ1) is 6.87. The molecule has 0 aliphatic carbocycles. The minimum absolute atomic E-state index is 0.00670. The molecule has 1 amide bonds. The van der Waals surface area contributed by atoms with Gasteiger partial charge < -0.3 is 10.6 Å². The molecule has 0 saturated heterocycles. The Morgan fingerprint density at radius 1 is 1.40 bits per heavy atom. The van der Waals surface area contributed by atoms with Crippen LogP contribution in [0.3, 0.4) is 0 Å². The maximum absolute atomic E-state index is 11.8. The number of likely N-dealkylation sites (N-methyl/N-ethyl adjacent to an activating group) is 1. The molecule has 1 atom stereocenters. The molecule has 0 aromatic rings. The standard InChI is InChI=1S/C9H17F3N2O/c1-3-13-8(15)7(2)14-6-4-5-9(10,11)12/h7,14H,3-6H2,1-2H3,(H,13,15). The summed E-state index contributed by atoms with van der Waals surface area (Å²) in [5, 5.41) is 5.31. The van der Waals surface area contributed by atoms with E-state index in [-0.39, 0.29) is 18.9 Å². The maximum atomic E-state index is 11.8. The molecular weight excluding hydrogens is 209 g/mol. The minimum atomic E-state index is -4.11. The molecule has 0 radical (unpaired) electrons. The molecule has 0 aromatic carbocycles. The van der Waals surface area contributed by atoms with E-state index in [9.17, 15) is 18.0 Å². The van der Waals surface area contributed by atoms with E-state index in [4.69, 9.17) is 0 Å². The number of hydrogen-bond acceptors (Lipinski definition) is 2. The number of carbonyl (C=O) groups is 1. The molecule has 0 saturated carbocycles. The molecule has 0 bridgehead atoms. The van der Waals surface area contributed by atoms with Crippen LogP contribution in [-0.2, 0) is 4.79 Å². The molecule has 2 N–H and O–H groups in total. The van der Waals surface area contributed by atoms with Gasteiger partial charge in [-0.25, -0.2) is 0 Å². The van der Waals surface area contributed by atoms with Crippen LogP contribution >= 0.6 is 0 Å². The lowest BCUT2D eigenvalue weighted by Crippen LogP contribution is -2.42. The number of rotatable bonds is 6. The zero-order valence-corrected chi connectivity index (χ0v) is 8.95. The van der Waals surface area contributed by atoms with Gasteiger partial charge in [0.2, 0.25) is 5.91 Å². The Bertz CT molecular complexity index is 194. The van der Waals surface area contributed by atoms with Gasteiger partial charge in [-0.2, -0.15) is 13.2 Å². The fourth-order valence-electron chi connectivity index (χ4n) is 1.03. The summed E-state index contributed by atoms with van der Waals surface area (Å²) < 4.78 is 35.3. The summed E-state index contributed by atoms with van der Waals surface area (Å²) in [6, 6.07) is -0.446. The lowest BCUT2D eigenvalue weighted by Gasteiger charge is -2.13. The van der Waals surface area contributed by atoms with Crippen LogP contribution < -0.4 is 10.6 Å². The third kappa shape index (κ3) is 8.23. The first-order valence-electron chi connectivity index (χ1n) is 4.94. The highest BCUT2D eigenvalue weighted by atomic mass is 19.4. The van der Waals surface area contributed by atoms with Crippen molar-refractivity contribution in [3.8, 4) is 0 Å². The van der Waals surface area contributed by atoms with Crippen LogP contribution in [-0.4, -0.2) is 31.2 Å². The van der Waals surface area contributed by atoms with Gasteiger partial charge >= 0.3 is 6.18 Å². The molecule has 90 valence electrons. The lowest BCUT2D eigenvalue weighted by molar-refractivity contribution is -0.135. The molecule has 6 heteroatoms. The van der Waals surface area contributed by atoms with Gasteiger partial charge in [-0.3, -0.25) is 4.79 Å². The molecule has 0 aliphatic heterocycles. The highest BCUT2D eigenvalue weighted by molar-refractivity contribution is 5.81. The number of amides is 1. The van der Waals surface area contributed by atoms with Gasteiger partial charge in [0.25, 0.3) is 0 Å². The average molecular weight is 226 g/mol. The highest BCUT2D eigenvalue weighted by Crippen LogP contribution is 2.20. The fourth-order valence-corrected chi connectivity index (χ4v) is 1.03. The first kappa shape index (κ1) is 14.2. The zero-order valence-electron chi connectivity index (χ0n) is 8.95. The highest BCUT2D eigenvalue weighted by Gasteiger charge is 2.26. The van der Waals surface area contributed by atoms with Crippen molar-refractivity contribution in [2.75, 3.05) is 13.1 Å². The van der Waals surface area contributed by atoms with Gasteiger partial charge in [0, 0.05) is 13.0 Å². The summed E-state index contributed by atoms with van der Waals surface area (Å²) in [6.45, 7) is 4.12. The third-order valence-electron chi connectivity index (χ3n) is 1.83. The van der Waals surface area contributed by atoms with Crippen LogP contribution in [0.5, 0.6) is 0 Å². The second kappa shape index (κ2) is 6.66. The van der Waals surface area contributed by atoms with Gasteiger partial charge in [0.1, 0.15) is 0 Å². The van der Waals surface area contributed by atoms with Crippen molar-refractivity contribution in [3.05, 3.63) is 0 Å². The van der Waals surface area contributed by atoms with Crippen molar-refractivity contribution in [1.29, 1.82) is 0 Å². The van der Waals surface area contributed by atoms with Gasteiger partial charge in [-0.1, -0.05) is 0 Å². The van der Waals surface area contributed by atoms with Crippen molar-refractivity contribution < 1.29 is 18.0 Å². The van der Waals surface area contributed by atoms with E-state index < -0.39 is 18.6 Å². The summed E-state index contributed by atoms with van der Waals surface area (Å²) >= 11 is 0. The van der Waals surface area contributed by atoms with Crippen LogP contribution in [0.25, 0.3) is 0 Å². The van der Waals surface area contributed by atoms with Crippen molar-refractivity contribution in [2.45, 2.75) is 38.9 Å². The second-order valence-corrected chi connectivity index (χ2v) is 3.29. The summed E-state index contributed by atoms with van der Waals surface area (Å²) in [5.74, 6) is -0.190. The van der Waals surface area contributed by atoms with Crippen molar-refractivity contribution >= 4 is 5.91 Å². The number of halogens is 3. The fraction of sp³-hybridized carbons (Fsp3) is 0.889. The van der Waals surface area contributed by atoms with Crippen molar-refractivity contribution in [3.63, 3.8) is 0 Å². The van der Waals surface area contributed by atoms with E-state index in [1.54, 1.807) is 13.8 Å². The first-order valence-corrected chi connectivity index (χ1v) is 4.94. The van der Waals surface area contributed by atoms with E-state index >= 15 is 0 Å². The van der Waals surface area contributed by atoms with Gasteiger partial charge in [-0.05, 0) is 26.8 Å². The molecule has 1 unspecified atom stereocenters. The topological polar surface area (TPSA) is 41.1 Å². The average Bonchev–Trinajstić information content (AvgIpc) is 2.11. The Morgan fingerprint density at radius 3 is 2.47 bits per heavy atom. The molecule has 0 aromatic heterocycles. The van der Waals surface area contributed by atoms with Gasteiger partial charge in [0.05, 0.1) is 6.04 Å². The molecule has 0 spiro atoms. The summed E-state index contributed by atoms with van der Waals surface area (Å²) in [6.07, 6.45) is -4.94. The Hall–Kier alpha value is -0.780. The zero-order chi connectivity index (χ0) is 11.9. The maximum Gasteiger partial charge on any atom is 0.389 e. The van der Waals surface area contributed by atoms with Crippen LogP contribution in [0.4, 0.5) is 13.2 Å². The van der Waals surface area contributed by atoms with E-state index in [2.05, 4.69) is 10.6 Å². The number of nitrogens with one attached hydrogen (secondary N) is 2. The van der Waals surface area contributed by atoms with Crippen molar-refractivity contribution in [1.82, 2.24) is 10.6 Å². The summed E-state index contributed by atoms with van der Waals surface area (Å²) in [7, 11) is 0. The normalized spacial score (nSPS) is 13.7. The van der Waals surface area contributed by atoms with E-state index in [0.29, 0.717) is 6.54 Å². The van der Waals surface area contributed by atoms with Crippen LogP contribution in [0, 0.1) is 0 Å². The van der Waals surface area contributed by atoms with Gasteiger partial charge in [0.15, 0.2) is 0 Å². The van der Waals surface area contributed by atoms with E-state index in [1.165, 1.54) is 0 Å². The van der Waals surface area contributed by atoms with Crippen LogP contribution in [0.15, 0.2) is 0 Å². The second-order valence-electron chi connectivity index (χ2n) is 3.29. The summed E-state index contributed by atoms with van der Waals surface area (Å²) in [4.78, 5) is 11.1. The molecule has 0 fully saturated rings. The lowest BCUT2D eigenvalue weighted by atomic mass is 10.2. The smallest absolute Gasteiger partial charge is 0.355 e. The molecule has 0 heterocycles.